The molecule has 7 heteroatoms. The Labute approximate surface area is 149 Å². The van der Waals surface area contributed by atoms with Crippen LogP contribution in [0.2, 0.25) is 0 Å². The van der Waals surface area contributed by atoms with E-state index < -0.39 is 18.2 Å². The zero-order chi connectivity index (χ0) is 18.4. The fourth-order valence-corrected chi connectivity index (χ4v) is 3.60. The number of methoxy groups -OCH3 is 1. The van der Waals surface area contributed by atoms with Gasteiger partial charge in [0.1, 0.15) is 0 Å². The van der Waals surface area contributed by atoms with Crippen LogP contribution in [-0.4, -0.2) is 31.2 Å². The van der Waals surface area contributed by atoms with Gasteiger partial charge in [-0.2, -0.15) is 0 Å². The summed E-state index contributed by atoms with van der Waals surface area (Å²) in [5.74, 6) is -1.15. The molecule has 2 aliphatic heterocycles. The molecule has 0 spiro atoms. The van der Waals surface area contributed by atoms with Crippen molar-refractivity contribution in [2.45, 2.75) is 25.7 Å². The molecule has 1 aromatic carbocycles. The zero-order valence-electron chi connectivity index (χ0n) is 14.3. The molecule has 1 amide bonds. The number of esters is 2. The molecule has 1 N–H and O–H groups in total. The fourth-order valence-electron chi connectivity index (χ4n) is 3.60. The first-order chi connectivity index (χ1) is 12.5. The maximum Gasteiger partial charge on any atom is 0.337 e. The SMILES string of the molecule is COC(=O)c1ccc2c(c1)[C@H]1NC(=O)/C(=C/O[C@H]3C=C(C)C(=O)O3)[C@H]1C2. The fraction of sp³-hybridized carbons (Fsp3) is 0.316. The maximum absolute atomic E-state index is 12.3. The number of nitrogens with one attached hydrogen (secondary N) is 1. The minimum atomic E-state index is -0.809. The predicted molar refractivity (Wildman–Crippen MR) is 88.7 cm³/mol. The molecule has 3 aliphatic rings. The molecule has 0 unspecified atom stereocenters. The van der Waals surface area contributed by atoms with Crippen molar-refractivity contribution >= 4 is 17.8 Å². The van der Waals surface area contributed by atoms with Crippen LogP contribution in [0.15, 0.2) is 41.7 Å². The quantitative estimate of drug-likeness (QED) is 0.503. The molecule has 0 saturated carbocycles. The lowest BCUT2D eigenvalue weighted by Crippen LogP contribution is -2.19. The number of hydrogen-bond donors (Lipinski definition) is 1. The summed E-state index contributed by atoms with van der Waals surface area (Å²) in [5.41, 5.74) is 3.41. The molecule has 1 aromatic rings. The van der Waals surface area contributed by atoms with Crippen molar-refractivity contribution in [3.05, 3.63) is 58.4 Å². The standard InChI is InChI=1S/C19H17NO6/c1-9-5-15(26-18(9)22)25-8-14-13-6-10-3-4-11(19(23)24-2)7-12(10)16(13)20-17(14)21/h3-5,7-8,13,15-16H,6H2,1-2H3,(H,20,21)/b14-8+/t13-,15-,16-/m1/s1. The van der Waals surface area contributed by atoms with Gasteiger partial charge in [0.15, 0.2) is 0 Å². The largest absolute Gasteiger partial charge is 0.465 e. The third-order valence-corrected chi connectivity index (χ3v) is 4.95. The van der Waals surface area contributed by atoms with Crippen LogP contribution < -0.4 is 5.32 Å². The average Bonchev–Trinajstić information content (AvgIpc) is 3.24. The van der Waals surface area contributed by atoms with Crippen molar-refractivity contribution in [3.8, 4) is 0 Å². The van der Waals surface area contributed by atoms with E-state index in [-0.39, 0.29) is 17.9 Å². The van der Waals surface area contributed by atoms with Crippen molar-refractivity contribution < 1.29 is 28.6 Å². The van der Waals surface area contributed by atoms with E-state index in [0.29, 0.717) is 23.1 Å². The van der Waals surface area contributed by atoms with Crippen molar-refractivity contribution in [2.75, 3.05) is 7.11 Å². The van der Waals surface area contributed by atoms with Gasteiger partial charge in [-0.25, -0.2) is 9.59 Å². The van der Waals surface area contributed by atoms with E-state index in [9.17, 15) is 14.4 Å². The Balaban J connectivity index is 1.56. The van der Waals surface area contributed by atoms with Gasteiger partial charge in [0.25, 0.3) is 12.2 Å². The highest BCUT2D eigenvalue weighted by Crippen LogP contribution is 2.44. The predicted octanol–water partition coefficient (Wildman–Crippen LogP) is 1.55. The van der Waals surface area contributed by atoms with Crippen LogP contribution in [0.1, 0.15) is 34.5 Å². The zero-order valence-corrected chi connectivity index (χ0v) is 14.3. The maximum atomic E-state index is 12.3. The number of carbonyl (C=O) groups is 3. The Morgan fingerprint density at radius 1 is 1.35 bits per heavy atom. The molecule has 26 heavy (non-hydrogen) atoms. The van der Waals surface area contributed by atoms with Gasteiger partial charge in [0, 0.05) is 17.6 Å². The molecule has 0 radical (unpaired) electrons. The van der Waals surface area contributed by atoms with Crippen molar-refractivity contribution in [3.63, 3.8) is 0 Å². The summed E-state index contributed by atoms with van der Waals surface area (Å²) in [6.07, 6.45) is 2.79. The number of benzene rings is 1. The Hall–Kier alpha value is -3.09. The van der Waals surface area contributed by atoms with Gasteiger partial charge in [-0.3, -0.25) is 4.79 Å². The van der Waals surface area contributed by atoms with Crippen LogP contribution in [0.3, 0.4) is 0 Å². The van der Waals surface area contributed by atoms with E-state index in [2.05, 4.69) is 5.32 Å². The molecular formula is C19H17NO6. The van der Waals surface area contributed by atoms with Crippen LogP contribution in [0, 0.1) is 5.92 Å². The summed E-state index contributed by atoms with van der Waals surface area (Å²) in [5, 5.41) is 2.94. The van der Waals surface area contributed by atoms with Gasteiger partial charge in [0.2, 0.25) is 0 Å². The number of rotatable bonds is 3. The van der Waals surface area contributed by atoms with Crippen LogP contribution in [-0.2, 0) is 30.2 Å². The van der Waals surface area contributed by atoms with Gasteiger partial charge in [-0.1, -0.05) is 6.07 Å². The normalized spacial score (nSPS) is 27.5. The van der Waals surface area contributed by atoms with E-state index >= 15 is 0 Å². The number of hydrogen-bond acceptors (Lipinski definition) is 6. The molecule has 134 valence electrons. The first-order valence-corrected chi connectivity index (χ1v) is 8.25. The molecule has 3 atom stereocenters. The number of amides is 1. The summed E-state index contributed by atoms with van der Waals surface area (Å²) in [7, 11) is 1.33. The number of cyclic esters (lactones) is 1. The third-order valence-electron chi connectivity index (χ3n) is 4.95. The van der Waals surface area contributed by atoms with Gasteiger partial charge in [-0.15, -0.1) is 0 Å². The summed E-state index contributed by atoms with van der Waals surface area (Å²) in [6, 6.07) is 5.16. The number of ether oxygens (including phenoxy) is 3. The van der Waals surface area contributed by atoms with E-state index in [1.54, 1.807) is 25.1 Å². The van der Waals surface area contributed by atoms with E-state index in [1.165, 1.54) is 13.4 Å². The highest BCUT2D eigenvalue weighted by Gasteiger charge is 2.44. The molecule has 0 bridgehead atoms. The molecule has 7 nitrogen and oxygen atoms in total. The topological polar surface area (TPSA) is 90.9 Å². The van der Waals surface area contributed by atoms with Crippen LogP contribution in [0.4, 0.5) is 0 Å². The smallest absolute Gasteiger partial charge is 0.337 e. The van der Waals surface area contributed by atoms with Crippen molar-refractivity contribution in [1.82, 2.24) is 5.32 Å². The average molecular weight is 355 g/mol. The van der Waals surface area contributed by atoms with Gasteiger partial charge >= 0.3 is 11.9 Å². The number of carbonyl (C=O) groups excluding carboxylic acids is 3. The second kappa shape index (κ2) is 6.01. The monoisotopic (exact) mass is 355 g/mol. The van der Waals surface area contributed by atoms with Crippen molar-refractivity contribution in [1.29, 1.82) is 0 Å². The van der Waals surface area contributed by atoms with E-state index in [4.69, 9.17) is 14.2 Å². The van der Waals surface area contributed by atoms with Gasteiger partial charge < -0.3 is 19.5 Å². The second-order valence-electron chi connectivity index (χ2n) is 6.50. The first kappa shape index (κ1) is 16.4. The van der Waals surface area contributed by atoms with E-state index in [1.807, 2.05) is 6.07 Å². The highest BCUT2D eigenvalue weighted by molar-refractivity contribution is 5.97. The molecule has 1 aliphatic carbocycles. The lowest BCUT2D eigenvalue weighted by atomic mass is 9.97. The minimum Gasteiger partial charge on any atom is -0.465 e. The Morgan fingerprint density at radius 3 is 2.85 bits per heavy atom. The summed E-state index contributed by atoms with van der Waals surface area (Å²) < 4.78 is 15.2. The van der Waals surface area contributed by atoms with E-state index in [0.717, 1.165) is 11.1 Å². The van der Waals surface area contributed by atoms with Crippen LogP contribution in [0.5, 0.6) is 0 Å². The molecule has 0 aromatic heterocycles. The summed E-state index contributed by atoms with van der Waals surface area (Å²) in [4.78, 5) is 35.5. The molecule has 4 rings (SSSR count). The van der Waals surface area contributed by atoms with Crippen molar-refractivity contribution in [2.24, 2.45) is 5.92 Å². The molecule has 2 heterocycles. The Morgan fingerprint density at radius 2 is 2.15 bits per heavy atom. The van der Waals surface area contributed by atoms with Gasteiger partial charge in [-0.05, 0) is 36.6 Å². The molecular weight excluding hydrogens is 338 g/mol. The minimum absolute atomic E-state index is 0.0902. The summed E-state index contributed by atoms with van der Waals surface area (Å²) >= 11 is 0. The molecule has 1 saturated heterocycles. The first-order valence-electron chi connectivity index (χ1n) is 8.25. The van der Waals surface area contributed by atoms with Crippen LogP contribution in [0.25, 0.3) is 0 Å². The van der Waals surface area contributed by atoms with Gasteiger partial charge in [0.05, 0.1) is 30.6 Å². The lowest BCUT2D eigenvalue weighted by Gasteiger charge is -2.11. The van der Waals surface area contributed by atoms with Crippen LogP contribution >= 0.6 is 0 Å². The number of fused-ring (bicyclic) bond motifs is 3. The Kier molecular flexibility index (Phi) is 3.79. The Bertz CT molecular complexity index is 884. The third kappa shape index (κ3) is 2.56. The molecule has 1 fully saturated rings. The highest BCUT2D eigenvalue weighted by atomic mass is 16.7. The lowest BCUT2D eigenvalue weighted by molar-refractivity contribution is -0.152. The summed E-state index contributed by atoms with van der Waals surface area (Å²) in [6.45, 7) is 1.64. The second-order valence-corrected chi connectivity index (χ2v) is 6.50.